The second-order valence-electron chi connectivity index (χ2n) is 6.65. The minimum Gasteiger partial charge on any atom is -0.493 e. The number of nitrogens with zero attached hydrogens (tertiary/aromatic N) is 2. The van der Waals surface area contributed by atoms with Crippen LogP contribution in [0.25, 0.3) is 0 Å². The largest absolute Gasteiger partial charge is 0.493 e. The molecular weight excluding hydrogens is 368 g/mol. The number of carbonyl (C=O) groups is 1. The van der Waals surface area contributed by atoms with E-state index in [4.69, 9.17) is 9.47 Å². The summed E-state index contributed by atoms with van der Waals surface area (Å²) < 4.78 is 13.0. The van der Waals surface area contributed by atoms with Gasteiger partial charge < -0.3 is 20.1 Å². The number of amides is 1. The SMILES string of the molecule is CNC(C(=O)NCc1ccc(OCc2ccccc2)c(OC)c1)c1cnn(C)c1. The number of aromatic nitrogens is 2. The Labute approximate surface area is 170 Å². The maximum atomic E-state index is 12.6. The zero-order valence-corrected chi connectivity index (χ0v) is 16.9. The van der Waals surface area contributed by atoms with E-state index in [1.807, 2.05) is 61.8 Å². The van der Waals surface area contributed by atoms with E-state index in [2.05, 4.69) is 15.7 Å². The van der Waals surface area contributed by atoms with Gasteiger partial charge >= 0.3 is 0 Å². The zero-order valence-electron chi connectivity index (χ0n) is 16.9. The minimum atomic E-state index is -0.459. The Balaban J connectivity index is 1.61. The highest BCUT2D eigenvalue weighted by atomic mass is 16.5. The number of aryl methyl sites for hydroxylation is 1. The third-order valence-corrected chi connectivity index (χ3v) is 4.54. The van der Waals surface area contributed by atoms with Crippen molar-refractivity contribution in [3.05, 3.63) is 77.6 Å². The van der Waals surface area contributed by atoms with Gasteiger partial charge in [-0.15, -0.1) is 0 Å². The maximum Gasteiger partial charge on any atom is 0.242 e. The summed E-state index contributed by atoms with van der Waals surface area (Å²) in [5.41, 5.74) is 2.82. The van der Waals surface area contributed by atoms with E-state index in [1.165, 1.54) is 0 Å². The van der Waals surface area contributed by atoms with Crippen LogP contribution >= 0.6 is 0 Å². The summed E-state index contributed by atoms with van der Waals surface area (Å²) in [5.74, 6) is 1.17. The van der Waals surface area contributed by atoms with Gasteiger partial charge in [0.1, 0.15) is 12.6 Å². The third-order valence-electron chi connectivity index (χ3n) is 4.54. The van der Waals surface area contributed by atoms with Crippen molar-refractivity contribution >= 4 is 5.91 Å². The van der Waals surface area contributed by atoms with Gasteiger partial charge in [-0.05, 0) is 30.3 Å². The van der Waals surface area contributed by atoms with Crippen molar-refractivity contribution in [2.75, 3.05) is 14.2 Å². The van der Waals surface area contributed by atoms with Gasteiger partial charge in [0.25, 0.3) is 0 Å². The van der Waals surface area contributed by atoms with Gasteiger partial charge in [-0.2, -0.15) is 5.10 Å². The Morgan fingerprint density at radius 1 is 1.14 bits per heavy atom. The Hall–Kier alpha value is -3.32. The first kappa shape index (κ1) is 20.4. The van der Waals surface area contributed by atoms with Crippen LogP contribution in [0.1, 0.15) is 22.7 Å². The molecule has 3 aromatic rings. The van der Waals surface area contributed by atoms with Crippen molar-refractivity contribution in [3.63, 3.8) is 0 Å². The molecule has 0 aliphatic heterocycles. The number of nitrogens with one attached hydrogen (secondary N) is 2. The molecule has 3 rings (SSSR count). The fourth-order valence-electron chi connectivity index (χ4n) is 3.01. The summed E-state index contributed by atoms with van der Waals surface area (Å²) in [7, 11) is 5.17. The normalized spacial score (nSPS) is 11.7. The molecule has 0 saturated carbocycles. The molecule has 0 fully saturated rings. The molecule has 0 spiro atoms. The molecule has 0 saturated heterocycles. The average molecular weight is 394 g/mol. The van der Waals surface area contributed by atoms with Crippen molar-refractivity contribution in [1.82, 2.24) is 20.4 Å². The molecule has 1 unspecified atom stereocenters. The second-order valence-corrected chi connectivity index (χ2v) is 6.65. The third kappa shape index (κ3) is 5.36. The van der Waals surface area contributed by atoms with Crippen molar-refractivity contribution < 1.29 is 14.3 Å². The van der Waals surface area contributed by atoms with Crippen LogP contribution < -0.4 is 20.1 Å². The number of methoxy groups -OCH3 is 1. The topological polar surface area (TPSA) is 77.4 Å². The van der Waals surface area contributed by atoms with E-state index in [0.717, 1.165) is 16.7 Å². The van der Waals surface area contributed by atoms with Gasteiger partial charge in [-0.3, -0.25) is 9.48 Å². The summed E-state index contributed by atoms with van der Waals surface area (Å²) in [6, 6.07) is 15.1. The summed E-state index contributed by atoms with van der Waals surface area (Å²) in [4.78, 5) is 12.6. The number of benzene rings is 2. The van der Waals surface area contributed by atoms with Gasteiger partial charge in [-0.25, -0.2) is 0 Å². The molecule has 0 aliphatic rings. The van der Waals surface area contributed by atoms with Gasteiger partial charge in [0.2, 0.25) is 5.91 Å². The van der Waals surface area contributed by atoms with E-state index >= 15 is 0 Å². The molecule has 0 aliphatic carbocycles. The van der Waals surface area contributed by atoms with Gasteiger partial charge in [0.15, 0.2) is 11.5 Å². The molecule has 152 valence electrons. The molecule has 1 heterocycles. The van der Waals surface area contributed by atoms with Crippen molar-refractivity contribution in [1.29, 1.82) is 0 Å². The predicted octanol–water partition coefficient (Wildman–Crippen LogP) is 2.58. The minimum absolute atomic E-state index is 0.121. The Bertz CT molecular complexity index is 940. The Kier molecular flexibility index (Phi) is 6.86. The van der Waals surface area contributed by atoms with Crippen LogP contribution in [0.15, 0.2) is 60.9 Å². The summed E-state index contributed by atoms with van der Waals surface area (Å²) in [6.45, 7) is 0.842. The molecule has 1 atom stereocenters. The standard InChI is InChI=1S/C22H26N4O3/c1-23-21(18-13-25-26(2)14-18)22(27)24-12-17-9-10-19(20(11-17)28-3)29-15-16-7-5-4-6-8-16/h4-11,13-14,21,23H,12,15H2,1-3H3,(H,24,27). The lowest BCUT2D eigenvalue weighted by atomic mass is 10.1. The van der Waals surface area contributed by atoms with Crippen LogP contribution in [0.2, 0.25) is 0 Å². The Morgan fingerprint density at radius 2 is 1.93 bits per heavy atom. The fourth-order valence-corrected chi connectivity index (χ4v) is 3.01. The number of likely N-dealkylation sites (N-methyl/N-ethyl adjacent to an activating group) is 1. The first-order chi connectivity index (χ1) is 14.1. The van der Waals surface area contributed by atoms with Gasteiger partial charge in [0, 0.05) is 25.4 Å². The first-order valence-electron chi connectivity index (χ1n) is 9.38. The number of rotatable bonds is 9. The molecule has 1 amide bonds. The van der Waals surface area contributed by atoms with Crippen LogP contribution in [0.4, 0.5) is 0 Å². The molecule has 0 bridgehead atoms. The van der Waals surface area contributed by atoms with Crippen LogP contribution in [0, 0.1) is 0 Å². The lowest BCUT2D eigenvalue weighted by Gasteiger charge is -2.16. The number of hydrogen-bond donors (Lipinski definition) is 2. The molecule has 2 aromatic carbocycles. The molecule has 7 heteroatoms. The second kappa shape index (κ2) is 9.75. The van der Waals surface area contributed by atoms with E-state index in [-0.39, 0.29) is 5.91 Å². The van der Waals surface area contributed by atoms with E-state index in [9.17, 15) is 4.79 Å². The lowest BCUT2D eigenvalue weighted by molar-refractivity contribution is -0.123. The monoisotopic (exact) mass is 394 g/mol. The highest BCUT2D eigenvalue weighted by Crippen LogP contribution is 2.29. The van der Waals surface area contributed by atoms with Gasteiger partial charge in [-0.1, -0.05) is 36.4 Å². The predicted molar refractivity (Wildman–Crippen MR) is 111 cm³/mol. The van der Waals surface area contributed by atoms with Crippen LogP contribution in [-0.4, -0.2) is 29.8 Å². The molecule has 29 heavy (non-hydrogen) atoms. The van der Waals surface area contributed by atoms with Gasteiger partial charge in [0.05, 0.1) is 13.3 Å². The van der Waals surface area contributed by atoms with Crippen LogP contribution in [0.3, 0.4) is 0 Å². The molecule has 2 N–H and O–H groups in total. The maximum absolute atomic E-state index is 12.6. The molecule has 1 aromatic heterocycles. The van der Waals surface area contributed by atoms with E-state index in [0.29, 0.717) is 24.7 Å². The van der Waals surface area contributed by atoms with E-state index in [1.54, 1.807) is 25.0 Å². The fraction of sp³-hybridized carbons (Fsp3) is 0.273. The average Bonchev–Trinajstić information content (AvgIpc) is 3.18. The highest BCUT2D eigenvalue weighted by molar-refractivity contribution is 5.83. The van der Waals surface area contributed by atoms with E-state index < -0.39 is 6.04 Å². The quantitative estimate of drug-likeness (QED) is 0.583. The highest BCUT2D eigenvalue weighted by Gasteiger charge is 2.20. The summed E-state index contributed by atoms with van der Waals surface area (Å²) in [6.07, 6.45) is 3.51. The number of ether oxygens (including phenoxy) is 2. The zero-order chi connectivity index (χ0) is 20.6. The smallest absolute Gasteiger partial charge is 0.242 e. The summed E-state index contributed by atoms with van der Waals surface area (Å²) in [5, 5.41) is 10.1. The Morgan fingerprint density at radius 3 is 2.59 bits per heavy atom. The summed E-state index contributed by atoms with van der Waals surface area (Å²) >= 11 is 0. The lowest BCUT2D eigenvalue weighted by Crippen LogP contribution is -2.35. The van der Waals surface area contributed by atoms with Crippen LogP contribution in [-0.2, 0) is 25.0 Å². The molecule has 0 radical (unpaired) electrons. The van der Waals surface area contributed by atoms with Crippen molar-refractivity contribution in [2.45, 2.75) is 19.2 Å². The van der Waals surface area contributed by atoms with Crippen molar-refractivity contribution in [2.24, 2.45) is 7.05 Å². The van der Waals surface area contributed by atoms with Crippen molar-refractivity contribution in [3.8, 4) is 11.5 Å². The van der Waals surface area contributed by atoms with Crippen LogP contribution in [0.5, 0.6) is 11.5 Å². The number of carbonyl (C=O) groups excluding carboxylic acids is 1. The molecule has 7 nitrogen and oxygen atoms in total. The first-order valence-corrected chi connectivity index (χ1v) is 9.38. The molecular formula is C22H26N4O3. The number of hydrogen-bond acceptors (Lipinski definition) is 5.